The maximum atomic E-state index is 12.3. The van der Waals surface area contributed by atoms with Gasteiger partial charge in [-0.3, -0.25) is 0 Å². The Labute approximate surface area is 217 Å². The highest BCUT2D eigenvalue weighted by Crippen LogP contribution is 2.43. The minimum atomic E-state index is -0.146. The van der Waals surface area contributed by atoms with Crippen molar-refractivity contribution in [2.45, 2.75) is 69.6 Å². The van der Waals surface area contributed by atoms with E-state index in [0.717, 1.165) is 90.9 Å². The van der Waals surface area contributed by atoms with Crippen molar-refractivity contribution in [2.24, 2.45) is 5.73 Å². The van der Waals surface area contributed by atoms with Gasteiger partial charge in [0, 0.05) is 48.1 Å². The molecule has 2 aromatic carbocycles. The number of carbonyl (C=O) groups is 1. The molecule has 7 nitrogen and oxygen atoms in total. The lowest BCUT2D eigenvalue weighted by Gasteiger charge is -2.30. The van der Waals surface area contributed by atoms with Gasteiger partial charge in [-0.1, -0.05) is 12.1 Å². The molecule has 3 aromatic rings. The molecule has 1 aliphatic heterocycles. The van der Waals surface area contributed by atoms with Gasteiger partial charge in [-0.25, -0.2) is 4.79 Å². The predicted octanol–water partition coefficient (Wildman–Crippen LogP) is 5.53. The van der Waals surface area contributed by atoms with Crippen LogP contribution < -0.4 is 21.1 Å². The summed E-state index contributed by atoms with van der Waals surface area (Å²) in [5.74, 6) is 4.08. The summed E-state index contributed by atoms with van der Waals surface area (Å²) in [4.78, 5) is 12.3. The lowest BCUT2D eigenvalue weighted by atomic mass is 9.92. The molecule has 2 saturated carbocycles. The zero-order valence-corrected chi connectivity index (χ0v) is 21.1. The van der Waals surface area contributed by atoms with Gasteiger partial charge in [-0.15, -0.1) is 0 Å². The highest BCUT2D eigenvalue weighted by Gasteiger charge is 2.28. The highest BCUT2D eigenvalue weighted by atomic mass is 16.5. The molecule has 0 spiro atoms. The average molecular weight is 499 g/mol. The summed E-state index contributed by atoms with van der Waals surface area (Å²) in [5.41, 5.74) is 10.7. The molecule has 37 heavy (non-hydrogen) atoms. The van der Waals surface area contributed by atoms with Crippen molar-refractivity contribution in [3.8, 4) is 29.0 Å². The topological polar surface area (TPSA) is 90.5 Å². The number of nitrogens with two attached hydrogens (primary N) is 1. The SMILES string of the molecule is NC#Cc1c(-c2ccc(NC(=O)NC3CCC3)cc2)n(C2CCC2)c2cc(OC3CCOCC3)ccc12. The normalized spacial score (nSPS) is 18.4. The van der Waals surface area contributed by atoms with E-state index in [1.54, 1.807) is 0 Å². The van der Waals surface area contributed by atoms with Gasteiger partial charge >= 0.3 is 6.03 Å². The van der Waals surface area contributed by atoms with Crippen LogP contribution in [0.5, 0.6) is 5.75 Å². The van der Waals surface area contributed by atoms with E-state index in [4.69, 9.17) is 15.2 Å². The molecule has 2 amide bonds. The van der Waals surface area contributed by atoms with Gasteiger partial charge < -0.3 is 30.4 Å². The van der Waals surface area contributed by atoms with Gasteiger partial charge in [-0.05, 0) is 74.3 Å². The van der Waals surface area contributed by atoms with E-state index in [2.05, 4.69) is 51.4 Å². The second-order valence-corrected chi connectivity index (χ2v) is 10.4. The molecular weight excluding hydrogens is 464 g/mol. The molecule has 1 aromatic heterocycles. The molecule has 1 saturated heterocycles. The van der Waals surface area contributed by atoms with E-state index in [9.17, 15) is 4.79 Å². The van der Waals surface area contributed by atoms with Gasteiger partial charge in [0.1, 0.15) is 11.9 Å². The van der Waals surface area contributed by atoms with Crippen LogP contribution in [0, 0.1) is 12.0 Å². The first kappa shape index (κ1) is 23.7. The second-order valence-electron chi connectivity index (χ2n) is 10.4. The smallest absolute Gasteiger partial charge is 0.319 e. The molecule has 3 aliphatic rings. The Morgan fingerprint density at radius 3 is 2.41 bits per heavy atom. The van der Waals surface area contributed by atoms with Crippen LogP contribution in [0.25, 0.3) is 22.2 Å². The summed E-state index contributed by atoms with van der Waals surface area (Å²) in [6.45, 7) is 1.50. The number of aromatic nitrogens is 1. The van der Waals surface area contributed by atoms with Crippen LogP contribution >= 0.6 is 0 Å². The van der Waals surface area contributed by atoms with Gasteiger partial charge in [0.2, 0.25) is 0 Å². The molecule has 7 heteroatoms. The fourth-order valence-corrected chi connectivity index (χ4v) is 5.47. The van der Waals surface area contributed by atoms with Crippen molar-refractivity contribution < 1.29 is 14.3 Å². The number of benzene rings is 2. The molecule has 192 valence electrons. The summed E-state index contributed by atoms with van der Waals surface area (Å²) in [5, 5.41) is 7.07. The zero-order valence-electron chi connectivity index (χ0n) is 21.1. The van der Waals surface area contributed by atoms with Crippen LogP contribution in [0.3, 0.4) is 0 Å². The van der Waals surface area contributed by atoms with Crippen molar-refractivity contribution in [2.75, 3.05) is 18.5 Å². The van der Waals surface area contributed by atoms with Crippen molar-refractivity contribution in [3.63, 3.8) is 0 Å². The lowest BCUT2D eigenvalue weighted by Crippen LogP contribution is -2.41. The summed E-state index contributed by atoms with van der Waals surface area (Å²) < 4.78 is 14.3. The third-order valence-corrected chi connectivity index (χ3v) is 7.94. The molecule has 0 bridgehead atoms. The molecule has 2 heterocycles. The number of anilines is 1. The molecule has 2 aliphatic carbocycles. The standard InChI is InChI=1S/C30H34N4O3/c31-16-13-27-26-12-11-25(37-24-14-17-36-18-15-24)19-28(26)34(23-5-2-6-23)29(27)20-7-9-22(10-8-20)33-30(35)32-21-3-1-4-21/h7-12,19,21,23-24H,1-6,14-15,17-18,31H2,(H2,32,33,35). The Balaban J connectivity index is 1.35. The third kappa shape index (κ3) is 4.86. The van der Waals surface area contributed by atoms with E-state index >= 15 is 0 Å². The number of fused-ring (bicyclic) bond motifs is 1. The number of nitrogens with one attached hydrogen (secondary N) is 2. The summed E-state index contributed by atoms with van der Waals surface area (Å²) in [6.07, 6.45) is 8.81. The molecule has 3 fully saturated rings. The monoisotopic (exact) mass is 498 g/mol. The van der Waals surface area contributed by atoms with Crippen LogP contribution in [0.15, 0.2) is 42.5 Å². The van der Waals surface area contributed by atoms with Crippen molar-refractivity contribution in [3.05, 3.63) is 48.0 Å². The van der Waals surface area contributed by atoms with Crippen LogP contribution in [0.2, 0.25) is 0 Å². The zero-order chi connectivity index (χ0) is 25.2. The number of ether oxygens (including phenoxy) is 2. The molecular formula is C30H34N4O3. The van der Waals surface area contributed by atoms with E-state index in [-0.39, 0.29) is 12.1 Å². The first-order valence-electron chi connectivity index (χ1n) is 13.5. The predicted molar refractivity (Wildman–Crippen MR) is 146 cm³/mol. The maximum absolute atomic E-state index is 12.3. The average Bonchev–Trinajstić information content (AvgIpc) is 3.15. The van der Waals surface area contributed by atoms with Crippen LogP contribution in [-0.4, -0.2) is 36.0 Å². The van der Waals surface area contributed by atoms with Gasteiger partial charge in [0.25, 0.3) is 0 Å². The Hall–Kier alpha value is -3.63. The second kappa shape index (κ2) is 10.4. The number of amides is 2. The number of carbonyl (C=O) groups excluding carboxylic acids is 1. The van der Waals surface area contributed by atoms with Gasteiger partial charge in [0.05, 0.1) is 30.0 Å². The number of nitrogens with zero attached hydrogens (tertiary/aromatic N) is 1. The Morgan fingerprint density at radius 2 is 1.76 bits per heavy atom. The number of hydrogen-bond donors (Lipinski definition) is 3. The minimum Gasteiger partial charge on any atom is -0.490 e. The number of hydrogen-bond acceptors (Lipinski definition) is 4. The molecule has 0 atom stereocenters. The lowest BCUT2D eigenvalue weighted by molar-refractivity contribution is 0.0256. The molecule has 6 rings (SSSR count). The third-order valence-electron chi connectivity index (χ3n) is 7.94. The Kier molecular flexibility index (Phi) is 6.67. The van der Waals surface area contributed by atoms with E-state index in [0.29, 0.717) is 12.1 Å². The highest BCUT2D eigenvalue weighted by molar-refractivity contribution is 5.96. The van der Waals surface area contributed by atoms with E-state index < -0.39 is 0 Å². The Morgan fingerprint density at radius 1 is 1.00 bits per heavy atom. The van der Waals surface area contributed by atoms with Crippen LogP contribution in [0.1, 0.15) is 63.0 Å². The fourth-order valence-electron chi connectivity index (χ4n) is 5.47. The first-order chi connectivity index (χ1) is 18.2. The van der Waals surface area contributed by atoms with E-state index in [1.165, 1.54) is 12.8 Å². The molecule has 0 unspecified atom stereocenters. The van der Waals surface area contributed by atoms with Crippen molar-refractivity contribution in [1.82, 2.24) is 9.88 Å². The molecule has 0 radical (unpaired) electrons. The molecule has 4 N–H and O–H groups in total. The summed E-state index contributed by atoms with van der Waals surface area (Å²) in [6, 6.07) is 17.6. The van der Waals surface area contributed by atoms with Gasteiger partial charge in [-0.2, -0.15) is 0 Å². The first-order valence-corrected chi connectivity index (χ1v) is 13.5. The quantitative estimate of drug-likeness (QED) is 0.308. The fraction of sp³-hybridized carbons (Fsp3) is 0.433. The minimum absolute atomic E-state index is 0.146. The largest absolute Gasteiger partial charge is 0.490 e. The van der Waals surface area contributed by atoms with Crippen molar-refractivity contribution in [1.29, 1.82) is 0 Å². The van der Waals surface area contributed by atoms with E-state index in [1.807, 2.05) is 18.2 Å². The maximum Gasteiger partial charge on any atom is 0.319 e. The van der Waals surface area contributed by atoms with Crippen LogP contribution in [-0.2, 0) is 4.74 Å². The number of urea groups is 1. The van der Waals surface area contributed by atoms with Crippen LogP contribution in [0.4, 0.5) is 10.5 Å². The van der Waals surface area contributed by atoms with Gasteiger partial charge in [0.15, 0.2) is 0 Å². The van der Waals surface area contributed by atoms with Crippen molar-refractivity contribution >= 4 is 22.6 Å². The summed E-state index contributed by atoms with van der Waals surface area (Å²) in [7, 11) is 0. The Bertz CT molecular complexity index is 1340. The summed E-state index contributed by atoms with van der Waals surface area (Å²) >= 11 is 0. The number of rotatable bonds is 6.